The van der Waals surface area contributed by atoms with Gasteiger partial charge in [-0.3, -0.25) is 0 Å². The molecule has 10 nitrogen and oxygen atoms in total. The number of nitrogens with zero attached hydrogens (tertiary/aromatic N) is 4. The lowest BCUT2D eigenvalue weighted by Gasteiger charge is -2.34. The number of aryl methyl sites for hydroxylation is 1. The van der Waals surface area contributed by atoms with Crippen LogP contribution in [0, 0.1) is 6.92 Å². The van der Waals surface area contributed by atoms with E-state index in [-0.39, 0.29) is 23.6 Å². The number of aromatic nitrogens is 3. The normalized spacial score (nSPS) is 15.7. The summed E-state index contributed by atoms with van der Waals surface area (Å²) in [7, 11) is -3.22. The minimum Gasteiger partial charge on any atom is -0.444 e. The number of hydrogen-bond donors (Lipinski definition) is 1. The van der Waals surface area contributed by atoms with E-state index in [0.29, 0.717) is 41.9 Å². The summed E-state index contributed by atoms with van der Waals surface area (Å²) in [5.41, 5.74) is 2.37. The van der Waals surface area contributed by atoms with Crippen LogP contribution in [0.15, 0.2) is 60.9 Å². The SMILES string of the molecule is CCS(=O)(=O)Cc1cccc2c(Oc3ncccc3-c3ccnc(N[C@H]4CCCN(C(=O)OC(C)(C)C)C4)n3)c(C)ccc12. The van der Waals surface area contributed by atoms with Crippen LogP contribution in [0.5, 0.6) is 11.6 Å². The average Bonchev–Trinajstić information content (AvgIpc) is 2.98. The summed E-state index contributed by atoms with van der Waals surface area (Å²) < 4.78 is 36.9. The van der Waals surface area contributed by atoms with E-state index in [4.69, 9.17) is 14.5 Å². The first kappa shape index (κ1) is 31.2. The van der Waals surface area contributed by atoms with Crippen LogP contribution in [0.2, 0.25) is 0 Å². The second-order valence-electron chi connectivity index (χ2n) is 12.0. The van der Waals surface area contributed by atoms with Gasteiger partial charge in [0.25, 0.3) is 0 Å². The molecule has 5 rings (SSSR count). The Morgan fingerprint density at radius 1 is 1.05 bits per heavy atom. The highest BCUT2D eigenvalue weighted by molar-refractivity contribution is 7.90. The third-order valence-corrected chi connectivity index (χ3v) is 9.05. The van der Waals surface area contributed by atoms with E-state index >= 15 is 0 Å². The first-order valence-corrected chi connectivity index (χ1v) is 16.7. The van der Waals surface area contributed by atoms with Gasteiger partial charge >= 0.3 is 6.09 Å². The van der Waals surface area contributed by atoms with Crippen molar-refractivity contribution >= 4 is 32.7 Å². The number of carbonyl (C=O) groups excluding carboxylic acids is 1. The van der Waals surface area contributed by atoms with Gasteiger partial charge in [-0.1, -0.05) is 37.3 Å². The van der Waals surface area contributed by atoms with E-state index in [1.165, 1.54) is 0 Å². The fourth-order valence-electron chi connectivity index (χ4n) is 5.22. The van der Waals surface area contributed by atoms with E-state index in [9.17, 15) is 13.2 Å². The highest BCUT2D eigenvalue weighted by Gasteiger charge is 2.28. The zero-order valence-electron chi connectivity index (χ0n) is 25.8. The number of fused-ring (bicyclic) bond motifs is 1. The molecule has 0 saturated carbocycles. The minimum absolute atomic E-state index is 0.0276. The summed E-state index contributed by atoms with van der Waals surface area (Å²) in [5, 5.41) is 5.02. The zero-order valence-corrected chi connectivity index (χ0v) is 26.6. The Hall–Kier alpha value is -4.25. The number of benzene rings is 2. The summed E-state index contributed by atoms with van der Waals surface area (Å²) in [6, 6.07) is 15.0. The van der Waals surface area contributed by atoms with Crippen LogP contribution in [-0.4, -0.2) is 64.8 Å². The fraction of sp³-hybridized carbons (Fsp3) is 0.394. The summed E-state index contributed by atoms with van der Waals surface area (Å²) >= 11 is 0. The minimum atomic E-state index is -3.22. The molecule has 0 bridgehead atoms. The highest BCUT2D eigenvalue weighted by Crippen LogP contribution is 2.38. The molecule has 1 aliphatic rings. The Morgan fingerprint density at radius 2 is 1.86 bits per heavy atom. The van der Waals surface area contributed by atoms with Gasteiger partial charge in [0.1, 0.15) is 11.4 Å². The van der Waals surface area contributed by atoms with E-state index in [1.54, 1.807) is 30.3 Å². The molecular weight excluding hydrogens is 578 g/mol. The first-order valence-electron chi connectivity index (χ1n) is 14.8. The van der Waals surface area contributed by atoms with Crippen LogP contribution in [0.25, 0.3) is 22.0 Å². The van der Waals surface area contributed by atoms with Gasteiger partial charge < -0.3 is 19.7 Å². The number of nitrogens with one attached hydrogen (secondary N) is 1. The van der Waals surface area contributed by atoms with Crippen molar-refractivity contribution in [3.8, 4) is 22.9 Å². The molecule has 0 aliphatic carbocycles. The molecule has 2 aromatic heterocycles. The van der Waals surface area contributed by atoms with Crippen molar-refractivity contribution in [3.63, 3.8) is 0 Å². The Morgan fingerprint density at radius 3 is 2.64 bits per heavy atom. The molecular formula is C33H39N5O5S. The largest absolute Gasteiger partial charge is 0.444 e. The van der Waals surface area contributed by atoms with Crippen molar-refractivity contribution in [2.45, 2.75) is 64.9 Å². The molecule has 3 heterocycles. The molecule has 1 N–H and O–H groups in total. The number of amides is 1. The maximum Gasteiger partial charge on any atom is 0.410 e. The fourth-order valence-corrected chi connectivity index (χ4v) is 6.15. The maximum atomic E-state index is 12.6. The molecule has 0 spiro atoms. The smallest absolute Gasteiger partial charge is 0.410 e. The molecule has 1 saturated heterocycles. The lowest BCUT2D eigenvalue weighted by molar-refractivity contribution is 0.0206. The van der Waals surface area contributed by atoms with Gasteiger partial charge in [0.05, 0.1) is 17.0 Å². The molecule has 4 aromatic rings. The van der Waals surface area contributed by atoms with E-state index < -0.39 is 15.4 Å². The molecule has 11 heteroatoms. The topological polar surface area (TPSA) is 124 Å². The lowest BCUT2D eigenvalue weighted by atomic mass is 10.0. The Labute approximate surface area is 258 Å². The third-order valence-electron chi connectivity index (χ3n) is 7.42. The Bertz CT molecular complexity index is 1770. The van der Waals surface area contributed by atoms with E-state index in [1.807, 2.05) is 70.2 Å². The van der Waals surface area contributed by atoms with Crippen LogP contribution in [-0.2, 0) is 20.3 Å². The van der Waals surface area contributed by atoms with Crippen LogP contribution in [0.4, 0.5) is 10.7 Å². The highest BCUT2D eigenvalue weighted by atomic mass is 32.2. The van der Waals surface area contributed by atoms with Crippen molar-refractivity contribution < 1.29 is 22.7 Å². The zero-order chi connectivity index (χ0) is 31.5. The molecule has 44 heavy (non-hydrogen) atoms. The maximum absolute atomic E-state index is 12.6. The molecule has 2 aromatic carbocycles. The number of likely N-dealkylation sites (tertiary alicyclic amines) is 1. The number of carbonyl (C=O) groups is 1. The van der Waals surface area contributed by atoms with Crippen LogP contribution >= 0.6 is 0 Å². The molecule has 1 amide bonds. The lowest BCUT2D eigenvalue weighted by Crippen LogP contribution is -2.47. The van der Waals surface area contributed by atoms with Crippen LogP contribution in [0.3, 0.4) is 0 Å². The Kier molecular flexibility index (Phi) is 9.05. The molecule has 1 fully saturated rings. The number of anilines is 1. The summed E-state index contributed by atoms with van der Waals surface area (Å²) in [5.74, 6) is 1.46. The predicted molar refractivity (Wildman–Crippen MR) is 172 cm³/mol. The quantitative estimate of drug-likeness (QED) is 0.235. The summed E-state index contributed by atoms with van der Waals surface area (Å²) in [6.07, 6.45) is 4.73. The number of ether oxygens (including phenoxy) is 2. The number of piperidine rings is 1. The average molecular weight is 618 g/mol. The third kappa shape index (κ3) is 7.45. The standard InChI is InChI=1S/C33H39N5O5S/c1-6-44(40,41)21-23-10-7-12-26-25(23)15-14-22(2)29(26)42-30-27(13-8-17-34-30)28-16-18-35-31(37-28)36-24-11-9-19-38(20-24)32(39)43-33(3,4)5/h7-8,10,12-18,24H,6,9,11,19-21H2,1-5H3,(H,35,36,37)/t24-/m0/s1. The van der Waals surface area contributed by atoms with Gasteiger partial charge in [-0.05, 0) is 75.2 Å². The Balaban J connectivity index is 1.40. The van der Waals surface area contributed by atoms with Crippen molar-refractivity contribution in [2.75, 3.05) is 24.2 Å². The van der Waals surface area contributed by atoms with Gasteiger partial charge in [0.2, 0.25) is 11.8 Å². The van der Waals surface area contributed by atoms with Gasteiger partial charge in [-0.15, -0.1) is 0 Å². The van der Waals surface area contributed by atoms with Gasteiger partial charge in [-0.2, -0.15) is 0 Å². The van der Waals surface area contributed by atoms with Gasteiger partial charge in [0.15, 0.2) is 9.84 Å². The molecule has 232 valence electrons. The number of hydrogen-bond acceptors (Lipinski definition) is 9. The molecule has 0 unspecified atom stereocenters. The predicted octanol–water partition coefficient (Wildman–Crippen LogP) is 6.54. The number of rotatable bonds is 8. The van der Waals surface area contributed by atoms with Gasteiger partial charge in [-0.25, -0.2) is 28.2 Å². The molecule has 0 radical (unpaired) electrons. The van der Waals surface area contributed by atoms with E-state index in [0.717, 1.165) is 34.7 Å². The second-order valence-corrected chi connectivity index (χ2v) is 14.4. The van der Waals surface area contributed by atoms with E-state index in [2.05, 4.69) is 15.3 Å². The monoisotopic (exact) mass is 617 g/mol. The molecule has 1 atom stereocenters. The van der Waals surface area contributed by atoms with Crippen LogP contribution in [0.1, 0.15) is 51.7 Å². The summed E-state index contributed by atoms with van der Waals surface area (Å²) in [4.78, 5) is 28.1. The molecule has 1 aliphatic heterocycles. The van der Waals surface area contributed by atoms with Crippen molar-refractivity contribution in [3.05, 3.63) is 72.1 Å². The van der Waals surface area contributed by atoms with Gasteiger partial charge in [0, 0.05) is 42.7 Å². The van der Waals surface area contributed by atoms with Crippen molar-refractivity contribution in [1.82, 2.24) is 19.9 Å². The second kappa shape index (κ2) is 12.8. The summed E-state index contributed by atoms with van der Waals surface area (Å²) in [6.45, 7) is 10.3. The van der Waals surface area contributed by atoms with Crippen molar-refractivity contribution in [1.29, 1.82) is 0 Å². The number of sulfone groups is 1. The number of pyridine rings is 1. The van der Waals surface area contributed by atoms with Crippen LogP contribution < -0.4 is 10.1 Å². The first-order chi connectivity index (χ1) is 20.9. The van der Waals surface area contributed by atoms with Crippen molar-refractivity contribution in [2.24, 2.45) is 0 Å².